The van der Waals surface area contributed by atoms with E-state index in [1.54, 1.807) is 18.2 Å². The lowest BCUT2D eigenvalue weighted by Gasteiger charge is -2.32. The number of guanidine groups is 1. The number of benzene rings is 1. The molecule has 1 fully saturated rings. The highest BCUT2D eigenvalue weighted by atomic mass is 35.5. The quantitative estimate of drug-likeness (QED) is 0.838. The van der Waals surface area contributed by atoms with E-state index in [0.29, 0.717) is 43.0 Å². The molecule has 8 heteroatoms. The molecule has 2 N–H and O–H groups in total. The number of hydrogen-bond acceptors (Lipinski definition) is 5. The van der Waals surface area contributed by atoms with Gasteiger partial charge in [0.2, 0.25) is 17.8 Å². The maximum Gasteiger partial charge on any atom is 0.249 e. The third kappa shape index (κ3) is 3.68. The smallest absolute Gasteiger partial charge is 0.249 e. The number of ether oxygens (including phenoxy) is 1. The Morgan fingerprint density at radius 3 is 2.92 bits per heavy atom. The van der Waals surface area contributed by atoms with Crippen molar-refractivity contribution in [3.63, 3.8) is 0 Å². The number of rotatable bonds is 2. The molecule has 3 rings (SSSR count). The van der Waals surface area contributed by atoms with Gasteiger partial charge in [-0.1, -0.05) is 17.7 Å². The van der Waals surface area contributed by atoms with Gasteiger partial charge in [0, 0.05) is 23.8 Å². The molecule has 0 aromatic heterocycles. The molecule has 128 valence electrons. The molecular formula is C16H19ClN4O3. The van der Waals surface area contributed by atoms with Crippen molar-refractivity contribution in [3.8, 4) is 0 Å². The molecule has 2 aliphatic rings. The second-order valence-corrected chi connectivity index (χ2v) is 6.13. The minimum atomic E-state index is -0.755. The number of nitrogens with zero attached hydrogens (tertiary/aromatic N) is 2. The van der Waals surface area contributed by atoms with Crippen LogP contribution in [0.15, 0.2) is 23.2 Å². The standard InChI is InChI=1S/C16H19ClN4O3/c1-10-11(17)3-2-4-12(10)18-15(23)13-9-14(22)20-16(19-13)21-5-7-24-8-6-21/h2-4,13H,5-9H2,1H3,(H,18,23)(H,19,20,22). The van der Waals surface area contributed by atoms with Crippen LogP contribution in [0, 0.1) is 6.92 Å². The molecule has 0 aliphatic carbocycles. The van der Waals surface area contributed by atoms with Crippen molar-refractivity contribution in [2.45, 2.75) is 19.4 Å². The summed E-state index contributed by atoms with van der Waals surface area (Å²) in [5, 5.41) is 6.12. The van der Waals surface area contributed by atoms with Crippen molar-refractivity contribution in [2.75, 3.05) is 31.6 Å². The lowest BCUT2D eigenvalue weighted by molar-refractivity contribution is -0.125. The van der Waals surface area contributed by atoms with Crippen molar-refractivity contribution in [1.29, 1.82) is 0 Å². The first kappa shape index (κ1) is 16.7. The Morgan fingerprint density at radius 2 is 2.17 bits per heavy atom. The summed E-state index contributed by atoms with van der Waals surface area (Å²) in [7, 11) is 0. The maximum atomic E-state index is 12.5. The Morgan fingerprint density at radius 1 is 1.42 bits per heavy atom. The van der Waals surface area contributed by atoms with Crippen molar-refractivity contribution < 1.29 is 14.3 Å². The van der Waals surface area contributed by atoms with E-state index in [0.717, 1.165) is 5.56 Å². The monoisotopic (exact) mass is 350 g/mol. The van der Waals surface area contributed by atoms with E-state index < -0.39 is 6.04 Å². The first-order valence-corrected chi connectivity index (χ1v) is 8.18. The van der Waals surface area contributed by atoms with Crippen LogP contribution in [0.2, 0.25) is 5.02 Å². The molecule has 2 aliphatic heterocycles. The number of nitrogens with one attached hydrogen (secondary N) is 2. The molecule has 0 bridgehead atoms. The predicted molar refractivity (Wildman–Crippen MR) is 91.2 cm³/mol. The van der Waals surface area contributed by atoms with E-state index in [4.69, 9.17) is 16.3 Å². The van der Waals surface area contributed by atoms with Crippen LogP contribution >= 0.6 is 11.6 Å². The fourth-order valence-corrected chi connectivity index (χ4v) is 2.80. The van der Waals surface area contributed by atoms with Gasteiger partial charge in [-0.25, -0.2) is 4.99 Å². The van der Waals surface area contributed by atoms with Gasteiger partial charge in [0.25, 0.3) is 0 Å². The maximum absolute atomic E-state index is 12.5. The summed E-state index contributed by atoms with van der Waals surface area (Å²) in [5.41, 5.74) is 1.41. The zero-order valence-corrected chi connectivity index (χ0v) is 14.1. The Kier molecular flexibility index (Phi) is 5.01. The minimum absolute atomic E-state index is 0.0271. The van der Waals surface area contributed by atoms with E-state index in [1.807, 2.05) is 11.8 Å². The van der Waals surface area contributed by atoms with Gasteiger partial charge in [0.05, 0.1) is 19.6 Å². The summed E-state index contributed by atoms with van der Waals surface area (Å²) in [6, 6.07) is 4.54. The third-order valence-electron chi connectivity index (χ3n) is 4.05. The highest BCUT2D eigenvalue weighted by Crippen LogP contribution is 2.23. The van der Waals surface area contributed by atoms with Crippen LogP contribution in [0.1, 0.15) is 12.0 Å². The summed E-state index contributed by atoms with van der Waals surface area (Å²) >= 11 is 6.07. The summed E-state index contributed by atoms with van der Waals surface area (Å²) in [6.45, 7) is 4.26. The zero-order valence-electron chi connectivity index (χ0n) is 13.3. The second-order valence-electron chi connectivity index (χ2n) is 5.72. The fourth-order valence-electron chi connectivity index (χ4n) is 2.62. The van der Waals surface area contributed by atoms with E-state index in [2.05, 4.69) is 15.6 Å². The molecule has 1 saturated heterocycles. The molecule has 24 heavy (non-hydrogen) atoms. The van der Waals surface area contributed by atoms with Crippen molar-refractivity contribution in [1.82, 2.24) is 10.2 Å². The number of carbonyl (C=O) groups excluding carboxylic acids is 2. The molecule has 0 saturated carbocycles. The van der Waals surface area contributed by atoms with Crippen molar-refractivity contribution in [2.24, 2.45) is 4.99 Å². The lowest BCUT2D eigenvalue weighted by Crippen LogP contribution is -2.53. The van der Waals surface area contributed by atoms with E-state index in [9.17, 15) is 9.59 Å². The van der Waals surface area contributed by atoms with Crippen LogP contribution in [0.3, 0.4) is 0 Å². The molecule has 1 aromatic rings. The van der Waals surface area contributed by atoms with E-state index in [1.165, 1.54) is 0 Å². The molecule has 7 nitrogen and oxygen atoms in total. The third-order valence-corrected chi connectivity index (χ3v) is 4.46. The molecule has 1 unspecified atom stereocenters. The highest BCUT2D eigenvalue weighted by Gasteiger charge is 2.30. The van der Waals surface area contributed by atoms with Gasteiger partial charge in [0.15, 0.2) is 0 Å². The predicted octanol–water partition coefficient (Wildman–Crippen LogP) is 1.16. The van der Waals surface area contributed by atoms with Crippen molar-refractivity contribution in [3.05, 3.63) is 28.8 Å². The summed E-state index contributed by atoms with van der Waals surface area (Å²) in [4.78, 5) is 30.8. The fraction of sp³-hybridized carbons (Fsp3) is 0.438. The van der Waals surface area contributed by atoms with Gasteiger partial charge in [0.1, 0.15) is 6.04 Å². The average Bonchev–Trinajstić information content (AvgIpc) is 2.59. The number of morpholine rings is 1. The number of hydrogen-bond donors (Lipinski definition) is 2. The molecule has 2 amide bonds. The Hall–Kier alpha value is -2.12. The SMILES string of the molecule is Cc1c(Cl)cccc1NC(=O)C1CC(=O)NC(N2CCOCC2)=N1. The van der Waals surface area contributed by atoms with Crippen LogP contribution in [0.25, 0.3) is 0 Å². The Balaban J connectivity index is 1.75. The van der Waals surface area contributed by atoms with Gasteiger partial charge in [-0.05, 0) is 24.6 Å². The first-order chi connectivity index (χ1) is 11.5. The molecule has 0 spiro atoms. The van der Waals surface area contributed by atoms with Crippen LogP contribution in [0.5, 0.6) is 0 Å². The molecule has 1 atom stereocenters. The van der Waals surface area contributed by atoms with Gasteiger partial charge >= 0.3 is 0 Å². The number of carbonyl (C=O) groups is 2. The van der Waals surface area contributed by atoms with Crippen LogP contribution in [0.4, 0.5) is 5.69 Å². The van der Waals surface area contributed by atoms with Crippen LogP contribution in [-0.4, -0.2) is 55.0 Å². The van der Waals surface area contributed by atoms with E-state index in [-0.39, 0.29) is 18.2 Å². The number of aliphatic imine (C=N–C) groups is 1. The number of anilines is 1. The van der Waals surface area contributed by atoms with Gasteiger partial charge in [-0.2, -0.15) is 0 Å². The first-order valence-electron chi connectivity index (χ1n) is 7.81. The molecule has 0 radical (unpaired) electrons. The summed E-state index contributed by atoms with van der Waals surface area (Å²) in [5.74, 6) is -0.0899. The number of halogens is 1. The lowest BCUT2D eigenvalue weighted by atomic mass is 10.1. The van der Waals surface area contributed by atoms with Crippen molar-refractivity contribution >= 4 is 35.1 Å². The average molecular weight is 351 g/mol. The van der Waals surface area contributed by atoms with Crippen LogP contribution in [-0.2, 0) is 14.3 Å². The number of amides is 2. The second kappa shape index (κ2) is 7.19. The Labute approximate surface area is 145 Å². The highest BCUT2D eigenvalue weighted by molar-refractivity contribution is 6.31. The minimum Gasteiger partial charge on any atom is -0.378 e. The zero-order chi connectivity index (χ0) is 17.1. The largest absolute Gasteiger partial charge is 0.378 e. The van der Waals surface area contributed by atoms with Gasteiger partial charge < -0.3 is 15.0 Å². The topological polar surface area (TPSA) is 83.0 Å². The van der Waals surface area contributed by atoms with Gasteiger partial charge in [-0.15, -0.1) is 0 Å². The molecular weight excluding hydrogens is 332 g/mol. The molecule has 1 aromatic carbocycles. The molecule has 2 heterocycles. The van der Waals surface area contributed by atoms with E-state index >= 15 is 0 Å². The normalized spacial score (nSPS) is 21.1. The van der Waals surface area contributed by atoms with Crippen LogP contribution < -0.4 is 10.6 Å². The Bertz CT molecular complexity index is 686. The summed E-state index contributed by atoms with van der Waals surface area (Å²) in [6.07, 6.45) is 0.0271. The van der Waals surface area contributed by atoms with Gasteiger partial charge in [-0.3, -0.25) is 14.9 Å². The summed E-state index contributed by atoms with van der Waals surface area (Å²) < 4.78 is 5.29.